The molecule has 8 heteroatoms. The monoisotopic (exact) mass is 510 g/mol. The molecule has 2 heterocycles. The number of hydrogen-bond acceptors (Lipinski definition) is 6. The molecule has 0 unspecified atom stereocenters. The standard InChI is InChI=1S/C24H16BrClN2O4/c25-15-4-1-13(2-5-15)11-29-19-6-3-14(7-18(19)26)23-16-8-21-22(31-12-30-21)9-20(16)32-24(28)17(23)10-27/h1-9,23H,11-12,28H2/t23-/m1/s1. The van der Waals surface area contributed by atoms with Crippen LogP contribution in [0.5, 0.6) is 23.0 Å². The summed E-state index contributed by atoms with van der Waals surface area (Å²) in [5.74, 6) is 1.82. The van der Waals surface area contributed by atoms with Gasteiger partial charge in [-0.3, -0.25) is 0 Å². The summed E-state index contributed by atoms with van der Waals surface area (Å²) >= 11 is 9.97. The Hall–Kier alpha value is -3.34. The van der Waals surface area contributed by atoms with E-state index >= 15 is 0 Å². The minimum Gasteiger partial charge on any atom is -0.487 e. The molecule has 0 fully saturated rings. The van der Waals surface area contributed by atoms with Gasteiger partial charge in [0.05, 0.1) is 10.9 Å². The fraction of sp³-hybridized carbons (Fsp3) is 0.125. The summed E-state index contributed by atoms with van der Waals surface area (Å²) in [6.07, 6.45) is 0. The summed E-state index contributed by atoms with van der Waals surface area (Å²) in [6, 6.07) is 19.0. The Balaban J connectivity index is 1.48. The van der Waals surface area contributed by atoms with Gasteiger partial charge in [0.2, 0.25) is 12.7 Å². The van der Waals surface area contributed by atoms with Crippen molar-refractivity contribution < 1.29 is 18.9 Å². The topological polar surface area (TPSA) is 86.7 Å². The first-order chi connectivity index (χ1) is 15.5. The highest BCUT2D eigenvalue weighted by molar-refractivity contribution is 9.10. The van der Waals surface area contributed by atoms with Gasteiger partial charge in [-0.25, -0.2) is 0 Å². The van der Waals surface area contributed by atoms with E-state index in [0.717, 1.165) is 21.2 Å². The predicted octanol–water partition coefficient (Wildman–Crippen LogP) is 5.63. The first kappa shape index (κ1) is 20.6. The van der Waals surface area contributed by atoms with Gasteiger partial charge in [-0.1, -0.05) is 45.7 Å². The zero-order chi connectivity index (χ0) is 22.2. The molecule has 3 aromatic carbocycles. The minimum atomic E-state index is -0.462. The number of rotatable bonds is 4. The third-order valence-electron chi connectivity index (χ3n) is 5.31. The maximum absolute atomic E-state index is 9.78. The molecular formula is C24H16BrClN2O4. The van der Waals surface area contributed by atoms with Crippen LogP contribution in [-0.2, 0) is 6.61 Å². The summed E-state index contributed by atoms with van der Waals surface area (Å²) < 4.78 is 23.5. The number of fused-ring (bicyclic) bond motifs is 2. The van der Waals surface area contributed by atoms with Crippen LogP contribution >= 0.6 is 27.5 Å². The molecule has 0 saturated carbocycles. The molecule has 6 nitrogen and oxygen atoms in total. The van der Waals surface area contributed by atoms with E-state index in [1.54, 1.807) is 18.2 Å². The van der Waals surface area contributed by atoms with Crippen LogP contribution < -0.4 is 24.7 Å². The second kappa shape index (κ2) is 8.30. The van der Waals surface area contributed by atoms with Crippen molar-refractivity contribution in [3.63, 3.8) is 0 Å². The van der Waals surface area contributed by atoms with Crippen molar-refractivity contribution in [3.8, 4) is 29.1 Å². The Kier molecular flexibility index (Phi) is 5.33. The van der Waals surface area contributed by atoms with Crippen molar-refractivity contribution in [2.24, 2.45) is 5.73 Å². The van der Waals surface area contributed by atoms with Gasteiger partial charge < -0.3 is 24.7 Å². The van der Waals surface area contributed by atoms with Crippen molar-refractivity contribution in [1.82, 2.24) is 0 Å². The lowest BCUT2D eigenvalue weighted by atomic mass is 9.83. The van der Waals surface area contributed by atoms with Crippen molar-refractivity contribution in [3.05, 3.63) is 92.2 Å². The van der Waals surface area contributed by atoms with Crippen LogP contribution in [0.25, 0.3) is 0 Å². The van der Waals surface area contributed by atoms with Crippen LogP contribution in [0.2, 0.25) is 5.02 Å². The Labute approximate surface area is 197 Å². The third-order valence-corrected chi connectivity index (χ3v) is 6.13. The zero-order valence-electron chi connectivity index (χ0n) is 16.6. The van der Waals surface area contributed by atoms with Crippen molar-refractivity contribution in [1.29, 1.82) is 5.26 Å². The molecule has 3 aromatic rings. The molecule has 160 valence electrons. The summed E-state index contributed by atoms with van der Waals surface area (Å²) in [4.78, 5) is 0. The van der Waals surface area contributed by atoms with Crippen LogP contribution in [-0.4, -0.2) is 6.79 Å². The largest absolute Gasteiger partial charge is 0.487 e. The summed E-state index contributed by atoms with van der Waals surface area (Å²) in [6.45, 7) is 0.513. The minimum absolute atomic E-state index is 0.0514. The number of benzene rings is 3. The second-order valence-electron chi connectivity index (χ2n) is 7.27. The normalized spacial score (nSPS) is 16.2. The van der Waals surface area contributed by atoms with Gasteiger partial charge >= 0.3 is 0 Å². The second-order valence-corrected chi connectivity index (χ2v) is 8.60. The fourth-order valence-corrected chi connectivity index (χ4v) is 4.25. The van der Waals surface area contributed by atoms with Crippen LogP contribution in [0.15, 0.2) is 70.5 Å². The van der Waals surface area contributed by atoms with E-state index in [1.807, 2.05) is 36.4 Å². The SMILES string of the molecule is N#CC1=C(N)Oc2cc3c(cc2[C@H]1c1ccc(OCc2ccc(Br)cc2)c(Cl)c1)OCO3. The van der Waals surface area contributed by atoms with Gasteiger partial charge in [0.15, 0.2) is 11.5 Å². The number of nitrogens with zero attached hydrogens (tertiary/aromatic N) is 1. The first-order valence-electron chi connectivity index (χ1n) is 9.71. The summed E-state index contributed by atoms with van der Waals surface area (Å²) in [7, 11) is 0. The number of ether oxygens (including phenoxy) is 4. The highest BCUT2D eigenvalue weighted by Gasteiger charge is 2.33. The smallest absolute Gasteiger partial charge is 0.231 e. The van der Waals surface area contributed by atoms with E-state index in [4.69, 9.17) is 36.3 Å². The maximum atomic E-state index is 9.78. The molecule has 0 bridgehead atoms. The van der Waals surface area contributed by atoms with Gasteiger partial charge in [-0.05, 0) is 41.5 Å². The number of allylic oxidation sites excluding steroid dienone is 1. The molecule has 32 heavy (non-hydrogen) atoms. The maximum Gasteiger partial charge on any atom is 0.231 e. The van der Waals surface area contributed by atoms with Crippen molar-refractivity contribution >= 4 is 27.5 Å². The van der Waals surface area contributed by atoms with E-state index < -0.39 is 5.92 Å². The average Bonchev–Trinajstić information content (AvgIpc) is 3.24. The Morgan fingerprint density at radius 1 is 1.06 bits per heavy atom. The fourth-order valence-electron chi connectivity index (χ4n) is 3.75. The Bertz CT molecular complexity index is 1280. The zero-order valence-corrected chi connectivity index (χ0v) is 18.9. The van der Waals surface area contributed by atoms with Gasteiger partial charge in [-0.2, -0.15) is 5.26 Å². The quantitative estimate of drug-likeness (QED) is 0.489. The van der Waals surface area contributed by atoms with E-state index in [0.29, 0.717) is 40.2 Å². The third kappa shape index (κ3) is 3.72. The van der Waals surface area contributed by atoms with Crippen LogP contribution in [0.1, 0.15) is 22.6 Å². The predicted molar refractivity (Wildman–Crippen MR) is 122 cm³/mol. The van der Waals surface area contributed by atoms with Crippen molar-refractivity contribution in [2.45, 2.75) is 12.5 Å². The van der Waals surface area contributed by atoms with E-state index in [1.165, 1.54) is 0 Å². The molecule has 0 saturated heterocycles. The van der Waals surface area contributed by atoms with Crippen LogP contribution in [0.4, 0.5) is 0 Å². The molecule has 0 aromatic heterocycles. The van der Waals surface area contributed by atoms with Crippen LogP contribution in [0.3, 0.4) is 0 Å². The molecule has 2 aliphatic heterocycles. The molecule has 2 aliphatic rings. The number of nitrogens with two attached hydrogens (primary N) is 1. The molecule has 0 radical (unpaired) electrons. The summed E-state index contributed by atoms with van der Waals surface area (Å²) in [5, 5.41) is 10.2. The number of hydrogen-bond donors (Lipinski definition) is 1. The van der Waals surface area contributed by atoms with Crippen LogP contribution in [0, 0.1) is 11.3 Å². The van der Waals surface area contributed by atoms with E-state index in [9.17, 15) is 5.26 Å². The lowest BCUT2D eigenvalue weighted by molar-refractivity contribution is 0.174. The molecular weight excluding hydrogens is 496 g/mol. The molecule has 0 amide bonds. The number of halogens is 2. The molecule has 1 atom stereocenters. The molecule has 5 rings (SSSR count). The highest BCUT2D eigenvalue weighted by Crippen LogP contribution is 2.48. The molecule has 2 N–H and O–H groups in total. The van der Waals surface area contributed by atoms with E-state index in [2.05, 4.69) is 22.0 Å². The lowest BCUT2D eigenvalue weighted by Crippen LogP contribution is -2.21. The van der Waals surface area contributed by atoms with Gasteiger partial charge in [0, 0.05) is 16.1 Å². The molecule has 0 spiro atoms. The van der Waals surface area contributed by atoms with E-state index in [-0.39, 0.29) is 12.7 Å². The summed E-state index contributed by atoms with van der Waals surface area (Å²) in [5.41, 5.74) is 8.93. The van der Waals surface area contributed by atoms with Crippen molar-refractivity contribution in [2.75, 3.05) is 6.79 Å². The number of nitriles is 1. The Morgan fingerprint density at radius 2 is 1.81 bits per heavy atom. The lowest BCUT2D eigenvalue weighted by Gasteiger charge is -2.27. The van der Waals surface area contributed by atoms with Gasteiger partial charge in [-0.15, -0.1) is 0 Å². The Morgan fingerprint density at radius 3 is 2.53 bits per heavy atom. The average molecular weight is 512 g/mol. The van der Waals surface area contributed by atoms with Gasteiger partial charge in [0.1, 0.15) is 29.7 Å². The van der Waals surface area contributed by atoms with Gasteiger partial charge in [0.25, 0.3) is 0 Å². The first-order valence-corrected chi connectivity index (χ1v) is 10.9. The highest BCUT2D eigenvalue weighted by atomic mass is 79.9. The molecule has 0 aliphatic carbocycles.